The van der Waals surface area contributed by atoms with Gasteiger partial charge in [-0.3, -0.25) is 9.59 Å². The fourth-order valence-corrected chi connectivity index (χ4v) is 2.56. The minimum atomic E-state index is -0.243. The first-order chi connectivity index (χ1) is 11.6. The Kier molecular flexibility index (Phi) is 6.89. The summed E-state index contributed by atoms with van der Waals surface area (Å²) in [5.41, 5.74) is 1.13. The van der Waals surface area contributed by atoms with E-state index in [1.165, 1.54) is 18.0 Å². The number of nitrogens with one attached hydrogen (secondary N) is 2. The lowest BCUT2D eigenvalue weighted by Crippen LogP contribution is -2.18. The standard InChI is InChI=1S/C16H16ClN3O3S/c1-23-12-6-4-11(5-7-12)19-14(21)9-24-10-15(22)20-13-3-2-8-18-16(13)17/h2-8H,9-10H2,1H3,(H,19,21)(H,20,22). The summed E-state index contributed by atoms with van der Waals surface area (Å²) in [7, 11) is 1.58. The van der Waals surface area contributed by atoms with Gasteiger partial charge >= 0.3 is 0 Å². The first kappa shape index (κ1) is 18.1. The van der Waals surface area contributed by atoms with Crippen LogP contribution in [-0.4, -0.2) is 35.4 Å². The van der Waals surface area contributed by atoms with Crippen molar-refractivity contribution in [3.8, 4) is 5.75 Å². The number of hydrogen-bond acceptors (Lipinski definition) is 5. The van der Waals surface area contributed by atoms with Crippen LogP contribution in [0, 0.1) is 0 Å². The van der Waals surface area contributed by atoms with E-state index in [1.54, 1.807) is 43.5 Å². The first-order valence-electron chi connectivity index (χ1n) is 7.00. The maximum Gasteiger partial charge on any atom is 0.234 e. The van der Waals surface area contributed by atoms with Crippen molar-refractivity contribution in [2.45, 2.75) is 0 Å². The molecule has 0 unspecified atom stereocenters. The quantitative estimate of drug-likeness (QED) is 0.737. The van der Waals surface area contributed by atoms with Crippen LogP contribution >= 0.6 is 23.4 Å². The Balaban J connectivity index is 1.71. The molecule has 0 radical (unpaired) electrons. The molecule has 1 aromatic carbocycles. The van der Waals surface area contributed by atoms with Crippen LogP contribution in [0.25, 0.3) is 0 Å². The molecule has 2 aromatic rings. The molecule has 6 nitrogen and oxygen atoms in total. The van der Waals surface area contributed by atoms with Crippen LogP contribution in [0.1, 0.15) is 0 Å². The summed E-state index contributed by atoms with van der Waals surface area (Å²) < 4.78 is 5.05. The number of methoxy groups -OCH3 is 1. The molecule has 1 heterocycles. The number of thioether (sulfide) groups is 1. The Morgan fingerprint density at radius 2 is 1.79 bits per heavy atom. The van der Waals surface area contributed by atoms with Crippen molar-refractivity contribution in [2.24, 2.45) is 0 Å². The molecular formula is C16H16ClN3O3S. The van der Waals surface area contributed by atoms with Gasteiger partial charge < -0.3 is 15.4 Å². The number of carbonyl (C=O) groups is 2. The number of pyridine rings is 1. The number of carbonyl (C=O) groups excluding carboxylic acids is 2. The normalized spacial score (nSPS) is 10.1. The molecule has 0 fully saturated rings. The van der Waals surface area contributed by atoms with Gasteiger partial charge in [0.25, 0.3) is 0 Å². The minimum absolute atomic E-state index is 0.140. The highest BCUT2D eigenvalue weighted by atomic mass is 35.5. The molecule has 2 amide bonds. The monoisotopic (exact) mass is 365 g/mol. The first-order valence-corrected chi connectivity index (χ1v) is 8.54. The SMILES string of the molecule is COc1ccc(NC(=O)CSCC(=O)Nc2cccnc2Cl)cc1. The lowest BCUT2D eigenvalue weighted by molar-refractivity contribution is -0.114. The number of nitrogens with zero attached hydrogens (tertiary/aromatic N) is 1. The van der Waals surface area contributed by atoms with Crippen LogP contribution in [0.4, 0.5) is 11.4 Å². The Morgan fingerprint density at radius 1 is 1.12 bits per heavy atom. The van der Waals surface area contributed by atoms with E-state index >= 15 is 0 Å². The van der Waals surface area contributed by atoms with E-state index in [0.29, 0.717) is 17.1 Å². The number of amides is 2. The van der Waals surface area contributed by atoms with Gasteiger partial charge in [0.2, 0.25) is 11.8 Å². The van der Waals surface area contributed by atoms with Gasteiger partial charge in [-0.15, -0.1) is 11.8 Å². The molecule has 2 N–H and O–H groups in total. The fourth-order valence-electron chi connectivity index (χ4n) is 1.77. The molecule has 0 aliphatic heterocycles. The molecule has 0 aliphatic rings. The summed E-state index contributed by atoms with van der Waals surface area (Å²) >= 11 is 7.07. The zero-order valence-electron chi connectivity index (χ0n) is 12.9. The Morgan fingerprint density at radius 3 is 2.42 bits per heavy atom. The van der Waals surface area contributed by atoms with Crippen molar-refractivity contribution in [3.05, 3.63) is 47.7 Å². The van der Waals surface area contributed by atoms with E-state index in [9.17, 15) is 9.59 Å². The van der Waals surface area contributed by atoms with Crippen molar-refractivity contribution in [1.29, 1.82) is 0 Å². The molecule has 126 valence electrons. The molecule has 0 spiro atoms. The number of halogens is 1. The highest BCUT2D eigenvalue weighted by Gasteiger charge is 2.08. The van der Waals surface area contributed by atoms with Gasteiger partial charge in [0.05, 0.1) is 24.3 Å². The maximum atomic E-state index is 11.8. The van der Waals surface area contributed by atoms with E-state index < -0.39 is 0 Å². The van der Waals surface area contributed by atoms with Crippen molar-refractivity contribution in [2.75, 3.05) is 29.2 Å². The highest BCUT2D eigenvalue weighted by Crippen LogP contribution is 2.18. The average molecular weight is 366 g/mol. The lowest BCUT2D eigenvalue weighted by atomic mass is 10.3. The van der Waals surface area contributed by atoms with E-state index in [2.05, 4.69) is 15.6 Å². The van der Waals surface area contributed by atoms with Gasteiger partial charge in [0, 0.05) is 11.9 Å². The topological polar surface area (TPSA) is 80.3 Å². The van der Waals surface area contributed by atoms with Gasteiger partial charge in [-0.1, -0.05) is 11.6 Å². The minimum Gasteiger partial charge on any atom is -0.497 e. The van der Waals surface area contributed by atoms with Gasteiger partial charge in [-0.05, 0) is 36.4 Å². The van der Waals surface area contributed by atoms with Crippen molar-refractivity contribution >= 4 is 46.6 Å². The molecule has 24 heavy (non-hydrogen) atoms. The number of hydrogen-bond donors (Lipinski definition) is 2. The van der Waals surface area contributed by atoms with Gasteiger partial charge in [0.1, 0.15) is 5.75 Å². The number of rotatable bonds is 7. The number of ether oxygens (including phenoxy) is 1. The third-order valence-corrected chi connectivity index (χ3v) is 4.11. The van der Waals surface area contributed by atoms with Gasteiger partial charge in [0.15, 0.2) is 5.15 Å². The summed E-state index contributed by atoms with van der Waals surface area (Å²) in [4.78, 5) is 27.5. The van der Waals surface area contributed by atoms with Crippen LogP contribution in [0.3, 0.4) is 0 Å². The van der Waals surface area contributed by atoms with E-state index in [0.717, 1.165) is 0 Å². The van der Waals surface area contributed by atoms with E-state index in [4.69, 9.17) is 16.3 Å². The third kappa shape index (κ3) is 5.75. The second-order valence-electron chi connectivity index (χ2n) is 4.66. The zero-order valence-corrected chi connectivity index (χ0v) is 14.5. The number of benzene rings is 1. The van der Waals surface area contributed by atoms with Crippen molar-refractivity contribution in [3.63, 3.8) is 0 Å². The van der Waals surface area contributed by atoms with E-state index in [1.807, 2.05) is 0 Å². The number of anilines is 2. The Hall–Kier alpha value is -2.25. The van der Waals surface area contributed by atoms with Crippen LogP contribution in [0.15, 0.2) is 42.6 Å². The molecule has 1 aromatic heterocycles. The van der Waals surface area contributed by atoms with E-state index in [-0.39, 0.29) is 28.5 Å². The average Bonchev–Trinajstić information content (AvgIpc) is 2.57. The fraction of sp³-hybridized carbons (Fsp3) is 0.188. The molecule has 2 rings (SSSR count). The van der Waals surface area contributed by atoms with Crippen molar-refractivity contribution < 1.29 is 14.3 Å². The van der Waals surface area contributed by atoms with Crippen LogP contribution in [0.5, 0.6) is 5.75 Å². The molecule has 8 heteroatoms. The molecule has 0 bridgehead atoms. The highest BCUT2D eigenvalue weighted by molar-refractivity contribution is 8.00. The predicted octanol–water partition coefficient (Wildman–Crippen LogP) is 3.05. The molecule has 0 saturated carbocycles. The third-order valence-electron chi connectivity index (χ3n) is 2.87. The second kappa shape index (κ2) is 9.14. The lowest BCUT2D eigenvalue weighted by Gasteiger charge is -2.07. The van der Waals surface area contributed by atoms with Crippen molar-refractivity contribution in [1.82, 2.24) is 4.98 Å². The summed E-state index contributed by atoms with van der Waals surface area (Å²) in [6.45, 7) is 0. The molecule has 0 saturated heterocycles. The zero-order chi connectivity index (χ0) is 17.4. The van der Waals surface area contributed by atoms with Crippen LogP contribution < -0.4 is 15.4 Å². The molecular weight excluding hydrogens is 350 g/mol. The second-order valence-corrected chi connectivity index (χ2v) is 6.00. The Bertz CT molecular complexity index is 710. The predicted molar refractivity (Wildman–Crippen MR) is 96.8 cm³/mol. The number of aromatic nitrogens is 1. The summed E-state index contributed by atoms with van der Waals surface area (Å²) in [5, 5.41) is 5.62. The van der Waals surface area contributed by atoms with Crippen LogP contribution in [0.2, 0.25) is 5.15 Å². The molecule has 0 atom stereocenters. The summed E-state index contributed by atoms with van der Waals surface area (Å²) in [5.74, 6) is 0.596. The maximum absolute atomic E-state index is 11.8. The van der Waals surface area contributed by atoms with Gasteiger partial charge in [-0.2, -0.15) is 0 Å². The van der Waals surface area contributed by atoms with Crippen LogP contribution in [-0.2, 0) is 9.59 Å². The Labute approximate surface area is 148 Å². The largest absolute Gasteiger partial charge is 0.497 e. The smallest absolute Gasteiger partial charge is 0.234 e. The molecule has 0 aliphatic carbocycles. The van der Waals surface area contributed by atoms with Gasteiger partial charge in [-0.25, -0.2) is 4.98 Å². The summed E-state index contributed by atoms with van der Waals surface area (Å²) in [6.07, 6.45) is 1.54. The summed E-state index contributed by atoms with van der Waals surface area (Å²) in [6, 6.07) is 10.4.